The fourth-order valence-corrected chi connectivity index (χ4v) is 4.23. The molecule has 0 unspecified atom stereocenters. The lowest BCUT2D eigenvalue weighted by Crippen LogP contribution is -2.02. The van der Waals surface area contributed by atoms with Crippen LogP contribution in [0.4, 0.5) is 0 Å². The summed E-state index contributed by atoms with van der Waals surface area (Å²) in [5.41, 5.74) is 2.40. The highest BCUT2D eigenvalue weighted by atomic mass is 35.5. The van der Waals surface area contributed by atoms with Crippen LogP contribution in [0, 0.1) is 0 Å². The average molecular weight is 269 g/mol. The molecule has 0 spiro atoms. The predicted molar refractivity (Wildman–Crippen MR) is 72.6 cm³/mol. The summed E-state index contributed by atoms with van der Waals surface area (Å²) in [7, 11) is 0. The molecule has 1 heterocycles. The molecule has 92 valence electrons. The average Bonchev–Trinajstić information content (AvgIpc) is 2.97. The minimum absolute atomic E-state index is 0.703. The molecular weight excluding hydrogens is 252 g/mol. The van der Waals surface area contributed by atoms with E-state index in [9.17, 15) is 0 Å². The van der Waals surface area contributed by atoms with Crippen LogP contribution in [0.5, 0.6) is 0 Å². The first-order chi connectivity index (χ1) is 8.33. The molecule has 0 bridgehead atoms. The zero-order valence-corrected chi connectivity index (χ0v) is 11.5. The summed E-state index contributed by atoms with van der Waals surface area (Å²) in [6, 6.07) is 0. The smallest absolute Gasteiger partial charge is 0.140 e. The standard InChI is InChI=1S/C13H17ClN2S/c14-13-10-6-3-7-11(10)15-12(16-13)8-17-9-4-1-2-5-9/h9H,1-8H2. The predicted octanol–water partition coefficient (Wildman–Crippen LogP) is 3.79. The number of nitrogens with zero attached hydrogens (tertiary/aromatic N) is 2. The van der Waals surface area contributed by atoms with Crippen molar-refractivity contribution in [2.24, 2.45) is 0 Å². The van der Waals surface area contributed by atoms with E-state index < -0.39 is 0 Å². The number of aryl methyl sites for hydroxylation is 1. The van der Waals surface area contributed by atoms with E-state index in [1.54, 1.807) is 0 Å². The first-order valence-electron chi connectivity index (χ1n) is 6.48. The Hall–Kier alpha value is -0.280. The highest BCUT2D eigenvalue weighted by molar-refractivity contribution is 7.99. The van der Waals surface area contributed by atoms with Gasteiger partial charge in [0.15, 0.2) is 0 Å². The molecule has 1 fully saturated rings. The van der Waals surface area contributed by atoms with E-state index in [1.807, 2.05) is 11.8 Å². The van der Waals surface area contributed by atoms with Crippen molar-refractivity contribution in [3.63, 3.8) is 0 Å². The summed E-state index contributed by atoms with van der Waals surface area (Å²) in [4.78, 5) is 9.10. The molecule has 2 aliphatic carbocycles. The Morgan fingerprint density at radius 2 is 1.94 bits per heavy atom. The zero-order chi connectivity index (χ0) is 11.7. The van der Waals surface area contributed by atoms with Crippen LogP contribution in [0.15, 0.2) is 0 Å². The lowest BCUT2D eigenvalue weighted by atomic mass is 10.3. The van der Waals surface area contributed by atoms with Gasteiger partial charge >= 0.3 is 0 Å². The lowest BCUT2D eigenvalue weighted by molar-refractivity contribution is 0.886. The molecule has 0 N–H and O–H groups in total. The molecular formula is C13H17ClN2S. The highest BCUT2D eigenvalue weighted by Gasteiger charge is 2.20. The first-order valence-corrected chi connectivity index (χ1v) is 7.91. The molecule has 2 nitrogen and oxygen atoms in total. The number of rotatable bonds is 3. The summed E-state index contributed by atoms with van der Waals surface area (Å²) in [6.45, 7) is 0. The van der Waals surface area contributed by atoms with Crippen molar-refractivity contribution >= 4 is 23.4 Å². The van der Waals surface area contributed by atoms with Crippen LogP contribution in [0.2, 0.25) is 5.15 Å². The van der Waals surface area contributed by atoms with Crippen LogP contribution in [0.1, 0.15) is 49.2 Å². The lowest BCUT2D eigenvalue weighted by Gasteiger charge is -2.09. The Labute approximate surface area is 112 Å². The minimum atomic E-state index is 0.703. The number of fused-ring (bicyclic) bond motifs is 1. The van der Waals surface area contributed by atoms with Gasteiger partial charge in [0, 0.05) is 16.5 Å². The molecule has 4 heteroatoms. The topological polar surface area (TPSA) is 25.8 Å². The molecule has 1 aromatic heterocycles. The molecule has 1 aromatic rings. The van der Waals surface area contributed by atoms with E-state index in [-0.39, 0.29) is 0 Å². The monoisotopic (exact) mass is 268 g/mol. The van der Waals surface area contributed by atoms with Gasteiger partial charge in [-0.15, -0.1) is 0 Å². The molecule has 0 atom stereocenters. The van der Waals surface area contributed by atoms with Gasteiger partial charge in [-0.25, -0.2) is 9.97 Å². The van der Waals surface area contributed by atoms with Crippen molar-refractivity contribution in [3.8, 4) is 0 Å². The largest absolute Gasteiger partial charge is 0.237 e. The summed E-state index contributed by atoms with van der Waals surface area (Å²) in [6.07, 6.45) is 8.84. The van der Waals surface area contributed by atoms with Crippen molar-refractivity contribution in [1.82, 2.24) is 9.97 Å². The fourth-order valence-electron chi connectivity index (χ4n) is 2.75. The summed E-state index contributed by atoms with van der Waals surface area (Å²) in [5, 5.41) is 1.53. The Kier molecular flexibility index (Phi) is 3.57. The Bertz CT molecular complexity index is 416. The summed E-state index contributed by atoms with van der Waals surface area (Å²) < 4.78 is 0. The van der Waals surface area contributed by atoms with E-state index in [4.69, 9.17) is 11.6 Å². The highest BCUT2D eigenvalue weighted by Crippen LogP contribution is 2.32. The van der Waals surface area contributed by atoms with E-state index >= 15 is 0 Å². The van der Waals surface area contributed by atoms with E-state index in [2.05, 4.69) is 9.97 Å². The maximum atomic E-state index is 6.21. The molecule has 0 amide bonds. The second kappa shape index (κ2) is 5.15. The Morgan fingerprint density at radius 1 is 1.12 bits per heavy atom. The third kappa shape index (κ3) is 2.60. The van der Waals surface area contributed by atoms with Gasteiger partial charge in [0.1, 0.15) is 11.0 Å². The van der Waals surface area contributed by atoms with Crippen LogP contribution in [0.3, 0.4) is 0 Å². The van der Waals surface area contributed by atoms with Gasteiger partial charge in [-0.1, -0.05) is 24.4 Å². The molecule has 17 heavy (non-hydrogen) atoms. The third-order valence-electron chi connectivity index (χ3n) is 3.68. The van der Waals surface area contributed by atoms with Crippen molar-refractivity contribution in [1.29, 1.82) is 0 Å². The summed E-state index contributed by atoms with van der Waals surface area (Å²) in [5.74, 6) is 1.87. The van der Waals surface area contributed by atoms with Crippen LogP contribution < -0.4 is 0 Å². The number of aromatic nitrogens is 2. The Morgan fingerprint density at radius 3 is 2.76 bits per heavy atom. The number of hydrogen-bond donors (Lipinski definition) is 0. The van der Waals surface area contributed by atoms with Gasteiger partial charge in [0.2, 0.25) is 0 Å². The van der Waals surface area contributed by atoms with E-state index in [1.165, 1.54) is 43.4 Å². The van der Waals surface area contributed by atoms with Crippen LogP contribution in [0.25, 0.3) is 0 Å². The quantitative estimate of drug-likeness (QED) is 0.780. The van der Waals surface area contributed by atoms with Crippen molar-refractivity contribution in [2.45, 2.75) is 55.9 Å². The van der Waals surface area contributed by atoms with Crippen molar-refractivity contribution in [2.75, 3.05) is 0 Å². The van der Waals surface area contributed by atoms with Crippen LogP contribution in [-0.4, -0.2) is 15.2 Å². The maximum Gasteiger partial charge on any atom is 0.140 e. The maximum absolute atomic E-state index is 6.21. The Balaban J connectivity index is 1.68. The minimum Gasteiger partial charge on any atom is -0.237 e. The second-order valence-corrected chi connectivity index (χ2v) is 6.57. The SMILES string of the molecule is Clc1nc(CSC2CCCC2)nc2c1CCC2. The van der Waals surface area contributed by atoms with E-state index in [0.717, 1.165) is 29.7 Å². The van der Waals surface area contributed by atoms with Crippen molar-refractivity contribution in [3.05, 3.63) is 22.2 Å². The molecule has 3 rings (SSSR count). The van der Waals surface area contributed by atoms with Crippen LogP contribution >= 0.6 is 23.4 Å². The number of hydrogen-bond acceptors (Lipinski definition) is 3. The molecule has 0 aromatic carbocycles. The zero-order valence-electron chi connectivity index (χ0n) is 9.91. The van der Waals surface area contributed by atoms with E-state index in [0.29, 0.717) is 5.15 Å². The molecule has 0 radical (unpaired) electrons. The normalized spacial score (nSPS) is 19.8. The van der Waals surface area contributed by atoms with Crippen LogP contribution in [-0.2, 0) is 18.6 Å². The van der Waals surface area contributed by atoms with Gasteiger partial charge in [0.05, 0.1) is 5.75 Å². The van der Waals surface area contributed by atoms with Crippen molar-refractivity contribution < 1.29 is 0 Å². The fraction of sp³-hybridized carbons (Fsp3) is 0.692. The molecule has 2 aliphatic rings. The van der Waals surface area contributed by atoms with Gasteiger partial charge < -0.3 is 0 Å². The number of thioether (sulfide) groups is 1. The van der Waals surface area contributed by atoms with Gasteiger partial charge in [-0.3, -0.25) is 0 Å². The van der Waals surface area contributed by atoms with Gasteiger partial charge in [-0.05, 0) is 32.1 Å². The third-order valence-corrected chi connectivity index (χ3v) is 5.36. The molecule has 1 saturated carbocycles. The van der Waals surface area contributed by atoms with Gasteiger partial charge in [0.25, 0.3) is 0 Å². The second-order valence-electron chi connectivity index (χ2n) is 4.93. The first kappa shape index (κ1) is 11.8. The summed E-state index contributed by atoms with van der Waals surface area (Å²) >= 11 is 8.22. The molecule has 0 aliphatic heterocycles. The molecule has 0 saturated heterocycles. The van der Waals surface area contributed by atoms with Gasteiger partial charge in [-0.2, -0.15) is 11.8 Å². The number of halogens is 1.